The summed E-state index contributed by atoms with van der Waals surface area (Å²) in [6, 6.07) is 0. The fraction of sp³-hybridized carbons (Fsp3) is 0.667. The van der Waals surface area contributed by atoms with E-state index < -0.39 is 0 Å². The third kappa shape index (κ3) is 1.59. The molecule has 2 N–H and O–H groups in total. The van der Waals surface area contributed by atoms with E-state index in [0.717, 1.165) is 18.8 Å². The second-order valence-electron chi connectivity index (χ2n) is 3.33. The predicted molar refractivity (Wildman–Crippen MR) is 47.2 cm³/mol. The molecule has 0 bridgehead atoms. The summed E-state index contributed by atoms with van der Waals surface area (Å²) in [5.41, 5.74) is 5.41. The Hall–Kier alpha value is -0.870. The lowest BCUT2D eigenvalue weighted by Gasteiger charge is -2.09. The second kappa shape index (κ2) is 3.47. The van der Waals surface area contributed by atoms with Crippen molar-refractivity contribution in [2.45, 2.75) is 31.9 Å². The van der Waals surface area contributed by atoms with Gasteiger partial charge in [-0.15, -0.1) is 0 Å². The minimum absolute atomic E-state index is 0.235. The zero-order chi connectivity index (χ0) is 9.26. The molecule has 0 amide bonds. The summed E-state index contributed by atoms with van der Waals surface area (Å²) in [7, 11) is 0. The van der Waals surface area contributed by atoms with Gasteiger partial charge in [-0.3, -0.25) is 0 Å². The minimum atomic E-state index is 0.235. The smallest absolute Gasteiger partial charge is 0.208 e. The molecule has 1 aliphatic heterocycles. The Morgan fingerprint density at radius 1 is 1.69 bits per heavy atom. The third-order valence-corrected chi connectivity index (χ3v) is 2.49. The van der Waals surface area contributed by atoms with Gasteiger partial charge in [0.15, 0.2) is 0 Å². The van der Waals surface area contributed by atoms with Gasteiger partial charge in [0.25, 0.3) is 0 Å². The number of oxazole rings is 1. The molecule has 2 rings (SSSR count). The number of hydrogen-bond acceptors (Lipinski definition) is 4. The van der Waals surface area contributed by atoms with Crippen LogP contribution in [0.4, 0.5) is 0 Å². The first-order valence-corrected chi connectivity index (χ1v) is 4.57. The Morgan fingerprint density at radius 3 is 3.08 bits per heavy atom. The van der Waals surface area contributed by atoms with Crippen molar-refractivity contribution >= 4 is 0 Å². The number of nitrogens with zero attached hydrogens (tertiary/aromatic N) is 1. The molecule has 0 aromatic carbocycles. The number of hydrogen-bond donors (Lipinski definition) is 1. The van der Waals surface area contributed by atoms with E-state index in [1.54, 1.807) is 6.20 Å². The van der Waals surface area contributed by atoms with Crippen LogP contribution in [0.2, 0.25) is 0 Å². The van der Waals surface area contributed by atoms with E-state index >= 15 is 0 Å². The first-order valence-electron chi connectivity index (χ1n) is 4.57. The van der Waals surface area contributed by atoms with Gasteiger partial charge in [-0.1, -0.05) is 0 Å². The van der Waals surface area contributed by atoms with E-state index in [9.17, 15) is 0 Å². The SMILES string of the molecule is CC1OCCC1c1cnc(CN)o1. The highest BCUT2D eigenvalue weighted by Crippen LogP contribution is 2.31. The summed E-state index contributed by atoms with van der Waals surface area (Å²) in [6.45, 7) is 3.23. The van der Waals surface area contributed by atoms with E-state index in [-0.39, 0.29) is 6.10 Å². The molecule has 2 atom stereocenters. The van der Waals surface area contributed by atoms with Gasteiger partial charge in [-0.2, -0.15) is 0 Å². The van der Waals surface area contributed by atoms with Crippen molar-refractivity contribution in [3.8, 4) is 0 Å². The van der Waals surface area contributed by atoms with Crippen molar-refractivity contribution in [3.05, 3.63) is 17.8 Å². The van der Waals surface area contributed by atoms with Crippen LogP contribution in [0.3, 0.4) is 0 Å². The highest BCUT2D eigenvalue weighted by molar-refractivity contribution is 5.05. The molecular formula is C9H14N2O2. The zero-order valence-corrected chi connectivity index (χ0v) is 7.69. The molecule has 1 saturated heterocycles. The Morgan fingerprint density at radius 2 is 2.54 bits per heavy atom. The molecule has 2 heterocycles. The van der Waals surface area contributed by atoms with Gasteiger partial charge in [0, 0.05) is 12.5 Å². The van der Waals surface area contributed by atoms with Gasteiger partial charge in [-0.25, -0.2) is 4.98 Å². The van der Waals surface area contributed by atoms with Crippen LogP contribution in [0.15, 0.2) is 10.6 Å². The highest BCUT2D eigenvalue weighted by Gasteiger charge is 2.28. The number of rotatable bonds is 2. The van der Waals surface area contributed by atoms with Gasteiger partial charge in [0.1, 0.15) is 5.76 Å². The average molecular weight is 182 g/mol. The standard InChI is InChI=1S/C9H14N2O2/c1-6-7(2-3-12-6)8-5-11-9(4-10)13-8/h5-7H,2-4,10H2,1H3. The normalized spacial score (nSPS) is 28.2. The van der Waals surface area contributed by atoms with Crippen molar-refractivity contribution in [3.63, 3.8) is 0 Å². The van der Waals surface area contributed by atoms with E-state index in [2.05, 4.69) is 11.9 Å². The molecule has 4 nitrogen and oxygen atoms in total. The van der Waals surface area contributed by atoms with Crippen LogP contribution < -0.4 is 5.73 Å². The van der Waals surface area contributed by atoms with Gasteiger partial charge >= 0.3 is 0 Å². The molecule has 0 saturated carbocycles. The predicted octanol–water partition coefficient (Wildman–Crippen LogP) is 1.03. The van der Waals surface area contributed by atoms with Gasteiger partial charge in [0.2, 0.25) is 5.89 Å². The number of nitrogens with two attached hydrogens (primary N) is 1. The maximum absolute atomic E-state index is 5.47. The molecule has 0 radical (unpaired) electrons. The average Bonchev–Trinajstić information content (AvgIpc) is 2.71. The Bertz CT molecular complexity index is 285. The minimum Gasteiger partial charge on any atom is -0.444 e. The van der Waals surface area contributed by atoms with Crippen molar-refractivity contribution in [2.75, 3.05) is 6.61 Å². The van der Waals surface area contributed by atoms with Gasteiger partial charge in [-0.05, 0) is 13.3 Å². The van der Waals surface area contributed by atoms with Crippen LogP contribution in [0.25, 0.3) is 0 Å². The van der Waals surface area contributed by atoms with Crippen LogP contribution in [-0.2, 0) is 11.3 Å². The van der Waals surface area contributed by atoms with Crippen LogP contribution >= 0.6 is 0 Å². The first-order chi connectivity index (χ1) is 6.31. The molecular weight excluding hydrogens is 168 g/mol. The van der Waals surface area contributed by atoms with Crippen LogP contribution in [-0.4, -0.2) is 17.7 Å². The molecule has 1 fully saturated rings. The molecule has 4 heteroatoms. The van der Waals surface area contributed by atoms with Crippen LogP contribution in [0.1, 0.15) is 30.9 Å². The Balaban J connectivity index is 2.15. The summed E-state index contributed by atoms with van der Waals surface area (Å²) in [6.07, 6.45) is 3.01. The summed E-state index contributed by atoms with van der Waals surface area (Å²) in [4.78, 5) is 4.07. The molecule has 1 aromatic rings. The second-order valence-corrected chi connectivity index (χ2v) is 3.33. The first kappa shape index (κ1) is 8.72. The Kier molecular flexibility index (Phi) is 2.33. The fourth-order valence-electron chi connectivity index (χ4n) is 1.70. The van der Waals surface area contributed by atoms with Crippen molar-refractivity contribution in [1.82, 2.24) is 4.98 Å². The maximum atomic E-state index is 5.47. The van der Waals surface area contributed by atoms with Gasteiger partial charge < -0.3 is 14.9 Å². The molecule has 1 aliphatic rings. The number of aromatic nitrogens is 1. The van der Waals surface area contributed by atoms with E-state index in [1.807, 2.05) is 0 Å². The molecule has 1 aromatic heterocycles. The topological polar surface area (TPSA) is 61.3 Å². The molecule has 0 aliphatic carbocycles. The summed E-state index contributed by atoms with van der Waals surface area (Å²) < 4.78 is 10.9. The molecule has 0 spiro atoms. The molecule has 72 valence electrons. The zero-order valence-electron chi connectivity index (χ0n) is 7.69. The lowest BCUT2D eigenvalue weighted by atomic mass is 10.0. The van der Waals surface area contributed by atoms with E-state index in [1.165, 1.54) is 0 Å². The van der Waals surface area contributed by atoms with E-state index in [4.69, 9.17) is 14.9 Å². The third-order valence-electron chi connectivity index (χ3n) is 2.49. The Labute approximate surface area is 77.1 Å². The number of ether oxygens (including phenoxy) is 1. The van der Waals surface area contributed by atoms with E-state index in [0.29, 0.717) is 18.4 Å². The summed E-state index contributed by atoms with van der Waals surface area (Å²) in [5.74, 6) is 1.87. The molecule has 2 unspecified atom stereocenters. The van der Waals surface area contributed by atoms with Gasteiger partial charge in [0.05, 0.1) is 18.8 Å². The quantitative estimate of drug-likeness (QED) is 0.742. The largest absolute Gasteiger partial charge is 0.444 e. The lowest BCUT2D eigenvalue weighted by Crippen LogP contribution is -2.08. The molecule has 13 heavy (non-hydrogen) atoms. The van der Waals surface area contributed by atoms with Crippen molar-refractivity contribution in [2.24, 2.45) is 5.73 Å². The monoisotopic (exact) mass is 182 g/mol. The summed E-state index contributed by atoms with van der Waals surface area (Å²) >= 11 is 0. The van der Waals surface area contributed by atoms with Crippen LogP contribution in [0, 0.1) is 0 Å². The lowest BCUT2D eigenvalue weighted by molar-refractivity contribution is 0.115. The van der Waals surface area contributed by atoms with Crippen molar-refractivity contribution < 1.29 is 9.15 Å². The summed E-state index contributed by atoms with van der Waals surface area (Å²) in [5, 5.41) is 0. The van der Waals surface area contributed by atoms with Crippen LogP contribution in [0.5, 0.6) is 0 Å². The maximum Gasteiger partial charge on any atom is 0.208 e. The highest BCUT2D eigenvalue weighted by atomic mass is 16.5. The fourth-order valence-corrected chi connectivity index (χ4v) is 1.70. The van der Waals surface area contributed by atoms with Crippen molar-refractivity contribution in [1.29, 1.82) is 0 Å².